The Morgan fingerprint density at radius 1 is 1.52 bits per heavy atom. The summed E-state index contributed by atoms with van der Waals surface area (Å²) in [5.74, 6) is 1.08. The molecule has 1 unspecified atom stereocenters. The van der Waals surface area contributed by atoms with Gasteiger partial charge in [0.2, 0.25) is 11.9 Å². The van der Waals surface area contributed by atoms with Gasteiger partial charge in [0.05, 0.1) is 6.20 Å². The third-order valence-corrected chi connectivity index (χ3v) is 3.76. The van der Waals surface area contributed by atoms with Crippen molar-refractivity contribution < 1.29 is 4.79 Å². The van der Waals surface area contributed by atoms with Crippen LogP contribution >= 0.6 is 0 Å². The Morgan fingerprint density at radius 2 is 2.35 bits per heavy atom. The highest BCUT2D eigenvalue weighted by molar-refractivity contribution is 6.03. The lowest BCUT2D eigenvalue weighted by atomic mass is 10.1. The lowest BCUT2D eigenvalue weighted by Gasteiger charge is -2.37. The van der Waals surface area contributed by atoms with E-state index in [0.717, 1.165) is 5.70 Å². The number of anilines is 2. The van der Waals surface area contributed by atoms with Crippen molar-refractivity contribution in [2.75, 3.05) is 10.2 Å². The van der Waals surface area contributed by atoms with Gasteiger partial charge in [0.1, 0.15) is 18.1 Å². The maximum absolute atomic E-state index is 12.4. The average molecular weight is 310 g/mol. The van der Waals surface area contributed by atoms with Crippen molar-refractivity contribution in [1.82, 2.24) is 19.5 Å². The van der Waals surface area contributed by atoms with Gasteiger partial charge in [-0.15, -0.1) is 0 Å². The molecule has 1 amide bonds. The van der Waals surface area contributed by atoms with Gasteiger partial charge in [0.25, 0.3) is 0 Å². The number of carbonyl (C=O) groups excluding carboxylic acids is 1. The molecule has 0 spiro atoms. The molecule has 2 aromatic heterocycles. The maximum Gasteiger partial charge on any atom is 0.247 e. The standard InChI is InChI=1S/C16H18N6O/c1-4-11(5-2)22-13(6-3)15(23)19-12-9-18-16(20-14(12)22)21-8-7-17-10-21/h4-5,7-10,13H,1,6H2,2-3H3,(H,19,23). The number of aromatic nitrogens is 4. The van der Waals surface area contributed by atoms with E-state index in [0.29, 0.717) is 23.9 Å². The molecule has 7 heteroatoms. The zero-order chi connectivity index (χ0) is 16.4. The summed E-state index contributed by atoms with van der Waals surface area (Å²) in [5, 5.41) is 2.87. The summed E-state index contributed by atoms with van der Waals surface area (Å²) in [6.07, 6.45) is 11.0. The second-order valence-corrected chi connectivity index (χ2v) is 5.08. The molecular formula is C16H18N6O. The SMILES string of the molecule is C=CC(=CC)N1c2nc(-n3ccnc3)ncc2NC(=O)C1CC. The van der Waals surface area contributed by atoms with E-state index in [4.69, 9.17) is 0 Å². The van der Waals surface area contributed by atoms with Gasteiger partial charge in [-0.05, 0) is 19.4 Å². The van der Waals surface area contributed by atoms with Gasteiger partial charge >= 0.3 is 0 Å². The molecule has 118 valence electrons. The number of imidazole rings is 1. The Kier molecular flexibility index (Phi) is 3.92. The van der Waals surface area contributed by atoms with E-state index in [1.54, 1.807) is 35.6 Å². The van der Waals surface area contributed by atoms with Crippen LogP contribution in [-0.2, 0) is 4.79 Å². The zero-order valence-electron chi connectivity index (χ0n) is 13.1. The lowest BCUT2D eigenvalue weighted by Crippen LogP contribution is -2.47. The molecule has 7 nitrogen and oxygen atoms in total. The summed E-state index contributed by atoms with van der Waals surface area (Å²) in [6, 6.07) is -0.336. The fraction of sp³-hybridized carbons (Fsp3) is 0.250. The number of amides is 1. The summed E-state index contributed by atoms with van der Waals surface area (Å²) < 4.78 is 1.72. The van der Waals surface area contributed by atoms with Crippen LogP contribution in [0.15, 0.2) is 49.3 Å². The first-order chi connectivity index (χ1) is 11.2. The fourth-order valence-electron chi connectivity index (χ4n) is 2.64. The minimum Gasteiger partial charge on any atom is -0.320 e. The van der Waals surface area contributed by atoms with Crippen molar-refractivity contribution in [3.05, 3.63) is 49.3 Å². The molecular weight excluding hydrogens is 292 g/mol. The number of nitrogens with one attached hydrogen (secondary N) is 1. The number of carbonyl (C=O) groups is 1. The Labute approximate surface area is 134 Å². The molecule has 0 saturated heterocycles. The van der Waals surface area contributed by atoms with E-state index >= 15 is 0 Å². The largest absolute Gasteiger partial charge is 0.320 e. The predicted molar refractivity (Wildman–Crippen MR) is 88.3 cm³/mol. The van der Waals surface area contributed by atoms with Gasteiger partial charge in [0, 0.05) is 18.1 Å². The molecule has 1 N–H and O–H groups in total. The number of hydrogen-bond donors (Lipinski definition) is 1. The minimum atomic E-state index is -0.336. The Balaban J connectivity index is 2.16. The first kappa shape index (κ1) is 15.0. The van der Waals surface area contributed by atoms with E-state index in [2.05, 4.69) is 26.8 Å². The monoisotopic (exact) mass is 310 g/mol. The molecule has 23 heavy (non-hydrogen) atoms. The van der Waals surface area contributed by atoms with Crippen LogP contribution in [-0.4, -0.2) is 31.5 Å². The van der Waals surface area contributed by atoms with Gasteiger partial charge in [0.15, 0.2) is 5.82 Å². The van der Waals surface area contributed by atoms with E-state index in [-0.39, 0.29) is 11.9 Å². The van der Waals surface area contributed by atoms with Crippen molar-refractivity contribution >= 4 is 17.4 Å². The van der Waals surface area contributed by atoms with Gasteiger partial charge in [-0.25, -0.2) is 9.97 Å². The van der Waals surface area contributed by atoms with Crippen LogP contribution in [0.5, 0.6) is 0 Å². The lowest BCUT2D eigenvalue weighted by molar-refractivity contribution is -0.117. The van der Waals surface area contributed by atoms with E-state index in [9.17, 15) is 4.79 Å². The first-order valence-corrected chi connectivity index (χ1v) is 7.43. The summed E-state index contributed by atoms with van der Waals surface area (Å²) >= 11 is 0. The van der Waals surface area contributed by atoms with Crippen molar-refractivity contribution in [2.45, 2.75) is 26.3 Å². The van der Waals surface area contributed by atoms with E-state index in [1.807, 2.05) is 24.8 Å². The molecule has 2 aromatic rings. The van der Waals surface area contributed by atoms with Crippen LogP contribution in [0.3, 0.4) is 0 Å². The molecule has 3 heterocycles. The third-order valence-electron chi connectivity index (χ3n) is 3.76. The number of rotatable bonds is 4. The van der Waals surface area contributed by atoms with Crippen LogP contribution in [0.2, 0.25) is 0 Å². The van der Waals surface area contributed by atoms with Crippen molar-refractivity contribution in [1.29, 1.82) is 0 Å². The number of fused-ring (bicyclic) bond motifs is 1. The van der Waals surface area contributed by atoms with Gasteiger partial charge < -0.3 is 10.2 Å². The summed E-state index contributed by atoms with van der Waals surface area (Å²) in [7, 11) is 0. The number of nitrogens with zero attached hydrogens (tertiary/aromatic N) is 5. The molecule has 3 rings (SSSR count). The molecule has 0 aliphatic carbocycles. The topological polar surface area (TPSA) is 75.9 Å². The number of allylic oxidation sites excluding steroid dienone is 2. The van der Waals surface area contributed by atoms with Crippen LogP contribution in [0.25, 0.3) is 5.95 Å². The highest BCUT2D eigenvalue weighted by atomic mass is 16.2. The summed E-state index contributed by atoms with van der Waals surface area (Å²) in [6.45, 7) is 7.73. The zero-order valence-corrected chi connectivity index (χ0v) is 13.1. The Hall–Kier alpha value is -2.96. The van der Waals surface area contributed by atoms with Crippen molar-refractivity contribution in [3.63, 3.8) is 0 Å². The van der Waals surface area contributed by atoms with Gasteiger partial charge in [-0.1, -0.05) is 19.6 Å². The van der Waals surface area contributed by atoms with Crippen LogP contribution < -0.4 is 10.2 Å². The number of hydrogen-bond acceptors (Lipinski definition) is 5. The normalized spacial score (nSPS) is 17.7. The average Bonchev–Trinajstić information content (AvgIpc) is 3.10. The molecule has 1 atom stereocenters. The smallest absolute Gasteiger partial charge is 0.247 e. The quantitative estimate of drug-likeness (QED) is 0.877. The molecule has 0 saturated carbocycles. The molecule has 0 aromatic carbocycles. The maximum atomic E-state index is 12.4. The van der Waals surface area contributed by atoms with E-state index < -0.39 is 0 Å². The van der Waals surface area contributed by atoms with Crippen LogP contribution in [0.4, 0.5) is 11.5 Å². The first-order valence-electron chi connectivity index (χ1n) is 7.43. The predicted octanol–water partition coefficient (Wildman–Crippen LogP) is 2.29. The fourth-order valence-corrected chi connectivity index (χ4v) is 2.64. The second kappa shape index (κ2) is 6.04. The van der Waals surface area contributed by atoms with Crippen molar-refractivity contribution in [2.24, 2.45) is 0 Å². The Morgan fingerprint density at radius 3 is 2.96 bits per heavy atom. The molecule has 1 aliphatic heterocycles. The summed E-state index contributed by atoms with van der Waals surface area (Å²) in [5.41, 5.74) is 1.42. The van der Waals surface area contributed by atoms with Crippen molar-refractivity contribution in [3.8, 4) is 5.95 Å². The highest BCUT2D eigenvalue weighted by Crippen LogP contribution is 2.34. The second-order valence-electron chi connectivity index (χ2n) is 5.08. The molecule has 0 radical (unpaired) electrons. The van der Waals surface area contributed by atoms with Crippen LogP contribution in [0.1, 0.15) is 20.3 Å². The van der Waals surface area contributed by atoms with Gasteiger partial charge in [-0.3, -0.25) is 9.36 Å². The molecule has 0 fully saturated rings. The van der Waals surface area contributed by atoms with Gasteiger partial charge in [-0.2, -0.15) is 4.98 Å². The molecule has 0 bridgehead atoms. The molecule has 1 aliphatic rings. The highest BCUT2D eigenvalue weighted by Gasteiger charge is 2.34. The van der Waals surface area contributed by atoms with E-state index in [1.165, 1.54) is 0 Å². The van der Waals surface area contributed by atoms with Crippen LogP contribution in [0, 0.1) is 0 Å². The summed E-state index contributed by atoms with van der Waals surface area (Å²) in [4.78, 5) is 27.2. The Bertz CT molecular complexity index is 765. The third kappa shape index (κ3) is 2.50. The minimum absolute atomic E-state index is 0.0693.